The highest BCUT2D eigenvalue weighted by Gasteiger charge is 2.17. The Bertz CT molecular complexity index is 663. The number of benzene rings is 2. The summed E-state index contributed by atoms with van der Waals surface area (Å²) in [4.78, 5) is 14.2. The monoisotopic (exact) mass is 428 g/mol. The highest BCUT2D eigenvalue weighted by Crippen LogP contribution is 2.26. The zero-order valence-electron chi connectivity index (χ0n) is 12.5. The van der Waals surface area contributed by atoms with Crippen molar-refractivity contribution in [3.63, 3.8) is 0 Å². The van der Waals surface area contributed by atoms with Crippen LogP contribution in [0.4, 0.5) is 5.69 Å². The van der Waals surface area contributed by atoms with Gasteiger partial charge in [-0.05, 0) is 60.3 Å². The summed E-state index contributed by atoms with van der Waals surface area (Å²) in [5.41, 5.74) is 1.86. The molecule has 0 heterocycles. The van der Waals surface area contributed by atoms with Crippen molar-refractivity contribution in [1.82, 2.24) is 4.90 Å². The Morgan fingerprint density at radius 3 is 2.55 bits per heavy atom. The Kier molecular flexibility index (Phi) is 6.23. The molecule has 0 aliphatic rings. The summed E-state index contributed by atoms with van der Waals surface area (Å²) in [6, 6.07) is 15.5. The van der Waals surface area contributed by atoms with Gasteiger partial charge in [0.1, 0.15) is 0 Å². The fourth-order valence-electron chi connectivity index (χ4n) is 2.17. The number of carbonyl (C=O) groups is 1. The molecule has 3 nitrogen and oxygen atoms in total. The zero-order chi connectivity index (χ0) is 16.1. The number of amides is 1. The molecule has 0 spiro atoms. The molecule has 0 aromatic heterocycles. The van der Waals surface area contributed by atoms with Crippen LogP contribution in [0, 0.1) is 3.57 Å². The second kappa shape index (κ2) is 7.94. The average Bonchev–Trinajstić information content (AvgIpc) is 2.49. The number of nitrogens with one attached hydrogen (secondary N) is 1. The first kappa shape index (κ1) is 17.2. The molecule has 22 heavy (non-hydrogen) atoms. The van der Waals surface area contributed by atoms with E-state index in [0.29, 0.717) is 6.54 Å². The molecule has 0 bridgehead atoms. The van der Waals surface area contributed by atoms with Gasteiger partial charge in [0.05, 0.1) is 12.2 Å². The van der Waals surface area contributed by atoms with Gasteiger partial charge in [0.2, 0.25) is 5.91 Å². The van der Waals surface area contributed by atoms with E-state index in [9.17, 15) is 4.79 Å². The summed E-state index contributed by atoms with van der Waals surface area (Å²) in [6.07, 6.45) is 0. The van der Waals surface area contributed by atoms with Gasteiger partial charge in [-0.3, -0.25) is 9.69 Å². The van der Waals surface area contributed by atoms with Gasteiger partial charge in [-0.15, -0.1) is 0 Å². The maximum Gasteiger partial charge on any atom is 0.238 e. The van der Waals surface area contributed by atoms with E-state index in [2.05, 4.69) is 27.9 Å². The Morgan fingerprint density at radius 1 is 1.23 bits per heavy atom. The lowest BCUT2D eigenvalue weighted by molar-refractivity contribution is -0.117. The van der Waals surface area contributed by atoms with Gasteiger partial charge < -0.3 is 5.32 Å². The lowest BCUT2D eigenvalue weighted by Gasteiger charge is -2.25. The number of anilines is 1. The van der Waals surface area contributed by atoms with Gasteiger partial charge in [0.25, 0.3) is 0 Å². The van der Waals surface area contributed by atoms with Gasteiger partial charge in [-0.2, -0.15) is 0 Å². The molecule has 5 heteroatoms. The molecule has 1 amide bonds. The van der Waals surface area contributed by atoms with Crippen molar-refractivity contribution in [3.05, 3.63) is 62.7 Å². The van der Waals surface area contributed by atoms with Crippen LogP contribution in [0.3, 0.4) is 0 Å². The van der Waals surface area contributed by atoms with Gasteiger partial charge >= 0.3 is 0 Å². The van der Waals surface area contributed by atoms with Crippen LogP contribution in [0.15, 0.2) is 48.5 Å². The average molecular weight is 429 g/mol. The van der Waals surface area contributed by atoms with E-state index in [-0.39, 0.29) is 11.9 Å². The number of likely N-dealkylation sites (N-methyl/N-ethyl adjacent to an activating group) is 1. The molecule has 1 unspecified atom stereocenters. The van der Waals surface area contributed by atoms with E-state index < -0.39 is 0 Å². The Hall–Kier alpha value is -1.11. The third kappa shape index (κ3) is 4.44. The second-order valence-corrected chi connectivity index (χ2v) is 6.71. The van der Waals surface area contributed by atoms with E-state index >= 15 is 0 Å². The van der Waals surface area contributed by atoms with Crippen molar-refractivity contribution in [2.75, 3.05) is 18.9 Å². The first-order chi connectivity index (χ1) is 10.5. The van der Waals surface area contributed by atoms with Crippen molar-refractivity contribution in [2.45, 2.75) is 13.0 Å². The van der Waals surface area contributed by atoms with E-state index in [0.717, 1.165) is 19.8 Å². The summed E-state index contributed by atoms with van der Waals surface area (Å²) in [5.74, 6) is -0.0366. The molecule has 1 N–H and O–H groups in total. The molecule has 2 aromatic carbocycles. The van der Waals surface area contributed by atoms with Crippen LogP contribution in [0.1, 0.15) is 18.5 Å². The number of hydrogen-bond donors (Lipinski definition) is 1. The van der Waals surface area contributed by atoms with Crippen molar-refractivity contribution in [3.8, 4) is 0 Å². The second-order valence-electron chi connectivity index (χ2n) is 5.14. The molecule has 2 rings (SSSR count). The summed E-state index contributed by atoms with van der Waals surface area (Å²) in [6.45, 7) is 2.35. The summed E-state index contributed by atoms with van der Waals surface area (Å²) in [7, 11) is 1.92. The lowest BCUT2D eigenvalue weighted by atomic mass is 10.1. The SMILES string of the molecule is CC(c1ccccc1Cl)N(C)CC(=O)Nc1ccccc1I. The van der Waals surface area contributed by atoms with Gasteiger partial charge in [-0.1, -0.05) is 41.9 Å². The Morgan fingerprint density at radius 2 is 1.86 bits per heavy atom. The van der Waals surface area contributed by atoms with Crippen molar-refractivity contribution in [1.29, 1.82) is 0 Å². The molecule has 0 aliphatic heterocycles. The maximum absolute atomic E-state index is 12.2. The highest BCUT2D eigenvalue weighted by atomic mass is 127. The third-order valence-corrected chi connectivity index (χ3v) is 4.84. The van der Waals surface area contributed by atoms with E-state index in [4.69, 9.17) is 11.6 Å². The molecular weight excluding hydrogens is 411 g/mol. The third-order valence-electron chi connectivity index (χ3n) is 3.56. The van der Waals surface area contributed by atoms with Crippen LogP contribution in [0.2, 0.25) is 5.02 Å². The number of carbonyl (C=O) groups excluding carboxylic acids is 1. The molecular formula is C17H18ClIN2O. The molecule has 0 radical (unpaired) electrons. The zero-order valence-corrected chi connectivity index (χ0v) is 15.4. The fourth-order valence-corrected chi connectivity index (χ4v) is 2.98. The smallest absolute Gasteiger partial charge is 0.238 e. The van der Waals surface area contributed by atoms with Crippen molar-refractivity contribution in [2.24, 2.45) is 0 Å². The van der Waals surface area contributed by atoms with Crippen molar-refractivity contribution >= 4 is 45.8 Å². The largest absolute Gasteiger partial charge is 0.324 e. The number of rotatable bonds is 5. The summed E-state index contributed by atoms with van der Waals surface area (Å²) >= 11 is 8.43. The molecule has 1 atom stereocenters. The molecule has 0 aliphatic carbocycles. The van der Waals surface area contributed by atoms with Crippen molar-refractivity contribution < 1.29 is 4.79 Å². The molecule has 0 saturated carbocycles. The quantitative estimate of drug-likeness (QED) is 0.707. The molecule has 0 saturated heterocycles. The molecule has 0 fully saturated rings. The van der Waals surface area contributed by atoms with Crippen LogP contribution in [0.5, 0.6) is 0 Å². The van der Waals surface area contributed by atoms with Crippen LogP contribution in [0.25, 0.3) is 0 Å². The van der Waals surface area contributed by atoms with E-state index in [1.165, 1.54) is 0 Å². The Balaban J connectivity index is 1.99. The first-order valence-electron chi connectivity index (χ1n) is 6.98. The van der Waals surface area contributed by atoms with Crippen LogP contribution in [-0.4, -0.2) is 24.4 Å². The van der Waals surface area contributed by atoms with Gasteiger partial charge in [-0.25, -0.2) is 0 Å². The standard InChI is InChI=1S/C17H18ClIN2O/c1-12(13-7-3-4-8-14(13)18)21(2)11-17(22)20-16-10-6-5-9-15(16)19/h3-10,12H,11H2,1-2H3,(H,20,22). The highest BCUT2D eigenvalue weighted by molar-refractivity contribution is 14.1. The predicted octanol–water partition coefficient (Wildman–Crippen LogP) is 4.58. The fraction of sp³-hybridized carbons (Fsp3) is 0.235. The maximum atomic E-state index is 12.2. The van der Waals surface area contributed by atoms with Crippen LogP contribution < -0.4 is 5.32 Å². The molecule has 2 aromatic rings. The normalized spacial score (nSPS) is 12.2. The summed E-state index contributed by atoms with van der Waals surface area (Å²) in [5, 5.41) is 3.66. The minimum atomic E-state index is -0.0366. The number of para-hydroxylation sites is 1. The number of hydrogen-bond acceptors (Lipinski definition) is 2. The Labute approximate surface area is 149 Å². The number of halogens is 2. The topological polar surface area (TPSA) is 32.3 Å². The number of nitrogens with zero attached hydrogens (tertiary/aromatic N) is 1. The summed E-state index contributed by atoms with van der Waals surface area (Å²) < 4.78 is 1.02. The van der Waals surface area contributed by atoms with Gasteiger partial charge in [0, 0.05) is 14.6 Å². The van der Waals surface area contributed by atoms with Crippen LogP contribution >= 0.6 is 34.2 Å². The van der Waals surface area contributed by atoms with Crippen LogP contribution in [-0.2, 0) is 4.79 Å². The molecule has 116 valence electrons. The first-order valence-corrected chi connectivity index (χ1v) is 8.43. The van der Waals surface area contributed by atoms with Gasteiger partial charge in [0.15, 0.2) is 0 Å². The van der Waals surface area contributed by atoms with E-state index in [1.807, 2.05) is 67.4 Å². The predicted molar refractivity (Wildman–Crippen MR) is 100 cm³/mol. The minimum Gasteiger partial charge on any atom is -0.324 e. The van der Waals surface area contributed by atoms with E-state index in [1.54, 1.807) is 0 Å². The minimum absolute atomic E-state index is 0.0366. The lowest BCUT2D eigenvalue weighted by Crippen LogP contribution is -2.32.